The number of benzene rings is 1. The first-order valence-electron chi connectivity index (χ1n) is 7.82. The van der Waals surface area contributed by atoms with Crippen LogP contribution >= 0.6 is 0 Å². The van der Waals surface area contributed by atoms with E-state index in [0.29, 0.717) is 18.4 Å². The summed E-state index contributed by atoms with van der Waals surface area (Å²) in [5, 5.41) is 0. The summed E-state index contributed by atoms with van der Waals surface area (Å²) in [6, 6.07) is 6.05. The Morgan fingerprint density at radius 2 is 1.71 bits per heavy atom. The second kappa shape index (κ2) is 5.06. The van der Waals surface area contributed by atoms with Crippen molar-refractivity contribution in [3.05, 3.63) is 29.8 Å². The molecule has 0 N–H and O–H groups in total. The van der Waals surface area contributed by atoms with Crippen LogP contribution in [-0.2, 0) is 19.1 Å². The first-order chi connectivity index (χ1) is 11.2. The predicted molar refractivity (Wildman–Crippen MR) is 83.4 cm³/mol. The maximum absolute atomic E-state index is 12.8. The third-order valence-corrected chi connectivity index (χ3v) is 5.90. The van der Waals surface area contributed by atoms with Crippen LogP contribution in [0.1, 0.15) is 44.0 Å². The Morgan fingerprint density at radius 3 is 2.17 bits per heavy atom. The standard InChI is InChI=1S/C18H20O6/c1-16(2)17(3)9-10-18(16,24-14(17)20)15(21)23-12-7-5-11(6-8-12)13(19)22-4/h5-8H,9-10H2,1-4H3/t17-,18+/m0/s1. The minimum Gasteiger partial charge on any atom is -0.465 e. The number of carbonyl (C=O) groups excluding carboxylic acids is 3. The fraction of sp³-hybridized carbons (Fsp3) is 0.500. The molecule has 1 aromatic rings. The monoisotopic (exact) mass is 332 g/mol. The van der Waals surface area contributed by atoms with E-state index in [4.69, 9.17) is 9.47 Å². The summed E-state index contributed by atoms with van der Waals surface area (Å²) in [6.07, 6.45) is 1.04. The number of hydrogen-bond donors (Lipinski definition) is 0. The second-order valence-corrected chi connectivity index (χ2v) is 7.08. The lowest BCUT2D eigenvalue weighted by molar-refractivity contribution is -0.176. The van der Waals surface area contributed by atoms with Crippen molar-refractivity contribution in [3.63, 3.8) is 0 Å². The highest BCUT2D eigenvalue weighted by Crippen LogP contribution is 2.65. The number of methoxy groups -OCH3 is 1. The Labute approximate surface area is 140 Å². The van der Waals surface area contributed by atoms with Gasteiger partial charge in [-0.05, 0) is 44.0 Å². The third kappa shape index (κ3) is 1.92. The predicted octanol–water partition coefficient (Wildman–Crippen LogP) is 2.50. The highest BCUT2D eigenvalue weighted by atomic mass is 16.6. The zero-order valence-corrected chi connectivity index (χ0v) is 14.2. The Hall–Kier alpha value is -2.37. The van der Waals surface area contributed by atoms with E-state index in [0.717, 1.165) is 0 Å². The van der Waals surface area contributed by atoms with Gasteiger partial charge in [-0.2, -0.15) is 0 Å². The molecule has 2 bridgehead atoms. The van der Waals surface area contributed by atoms with E-state index in [1.54, 1.807) is 0 Å². The fourth-order valence-electron chi connectivity index (χ4n) is 3.67. The molecule has 2 aliphatic rings. The van der Waals surface area contributed by atoms with E-state index in [2.05, 4.69) is 4.74 Å². The minimum absolute atomic E-state index is 0.286. The van der Waals surface area contributed by atoms with E-state index in [1.165, 1.54) is 31.4 Å². The van der Waals surface area contributed by atoms with Crippen LogP contribution in [0.5, 0.6) is 5.75 Å². The van der Waals surface area contributed by atoms with Gasteiger partial charge in [0, 0.05) is 5.41 Å². The molecule has 3 rings (SSSR count). The van der Waals surface area contributed by atoms with E-state index < -0.39 is 28.4 Å². The summed E-state index contributed by atoms with van der Waals surface area (Å²) in [6.45, 7) is 5.57. The molecule has 128 valence electrons. The summed E-state index contributed by atoms with van der Waals surface area (Å²) >= 11 is 0. The molecule has 0 aromatic heterocycles. The third-order valence-electron chi connectivity index (χ3n) is 5.90. The molecule has 1 saturated heterocycles. The van der Waals surface area contributed by atoms with Crippen LogP contribution in [0.3, 0.4) is 0 Å². The molecule has 6 nitrogen and oxygen atoms in total. The number of ether oxygens (including phenoxy) is 3. The lowest BCUT2D eigenvalue weighted by Crippen LogP contribution is -2.50. The van der Waals surface area contributed by atoms with Gasteiger partial charge in [0.25, 0.3) is 0 Å². The fourth-order valence-corrected chi connectivity index (χ4v) is 3.67. The average molecular weight is 332 g/mol. The van der Waals surface area contributed by atoms with Gasteiger partial charge >= 0.3 is 17.9 Å². The molecule has 6 heteroatoms. The lowest BCUT2D eigenvalue weighted by atomic mass is 9.66. The summed E-state index contributed by atoms with van der Waals surface area (Å²) in [5.41, 5.74) is -2.24. The summed E-state index contributed by atoms with van der Waals surface area (Å²) < 4.78 is 15.6. The van der Waals surface area contributed by atoms with Crippen molar-refractivity contribution in [3.8, 4) is 5.75 Å². The highest BCUT2D eigenvalue weighted by molar-refractivity contribution is 5.94. The van der Waals surface area contributed by atoms with Crippen molar-refractivity contribution in [2.75, 3.05) is 7.11 Å². The molecular formula is C18H20O6. The van der Waals surface area contributed by atoms with E-state index in [9.17, 15) is 14.4 Å². The molecule has 0 radical (unpaired) electrons. The Bertz CT molecular complexity index is 720. The van der Waals surface area contributed by atoms with Crippen molar-refractivity contribution in [2.24, 2.45) is 10.8 Å². The van der Waals surface area contributed by atoms with Crippen LogP contribution in [0.25, 0.3) is 0 Å². The number of rotatable bonds is 3. The molecule has 1 aliphatic carbocycles. The molecule has 1 heterocycles. The van der Waals surface area contributed by atoms with Gasteiger partial charge in [0.2, 0.25) is 5.60 Å². The maximum atomic E-state index is 12.8. The maximum Gasteiger partial charge on any atom is 0.356 e. The number of carbonyl (C=O) groups is 3. The SMILES string of the molecule is COC(=O)c1ccc(OC(=O)[C@@]23CC[C@@](C)(C(=O)O2)C3(C)C)cc1. The second-order valence-electron chi connectivity index (χ2n) is 7.08. The Kier molecular flexibility index (Phi) is 3.48. The molecular weight excluding hydrogens is 312 g/mol. The lowest BCUT2D eigenvalue weighted by Gasteiger charge is -2.34. The van der Waals surface area contributed by atoms with Gasteiger partial charge < -0.3 is 14.2 Å². The normalized spacial score (nSPS) is 29.9. The number of fused-ring (bicyclic) bond motifs is 2. The molecule has 0 amide bonds. The molecule has 0 spiro atoms. The minimum atomic E-state index is -1.26. The zero-order chi connectivity index (χ0) is 17.8. The van der Waals surface area contributed by atoms with Crippen molar-refractivity contribution < 1.29 is 28.6 Å². The van der Waals surface area contributed by atoms with Crippen LogP contribution in [0.2, 0.25) is 0 Å². The summed E-state index contributed by atoms with van der Waals surface area (Å²) in [7, 11) is 1.29. The molecule has 2 atom stereocenters. The van der Waals surface area contributed by atoms with Gasteiger partial charge in [-0.15, -0.1) is 0 Å². The topological polar surface area (TPSA) is 78.9 Å². The molecule has 1 aromatic carbocycles. The van der Waals surface area contributed by atoms with E-state index in [-0.39, 0.29) is 11.7 Å². The van der Waals surface area contributed by atoms with Gasteiger partial charge in [-0.1, -0.05) is 13.8 Å². The van der Waals surface area contributed by atoms with E-state index >= 15 is 0 Å². The zero-order valence-electron chi connectivity index (χ0n) is 14.2. The number of esters is 3. The smallest absolute Gasteiger partial charge is 0.356 e. The van der Waals surface area contributed by atoms with Gasteiger partial charge in [0.05, 0.1) is 18.1 Å². The van der Waals surface area contributed by atoms with Gasteiger partial charge in [0.15, 0.2) is 0 Å². The molecule has 2 fully saturated rings. The molecule has 24 heavy (non-hydrogen) atoms. The Morgan fingerprint density at radius 1 is 1.08 bits per heavy atom. The van der Waals surface area contributed by atoms with Crippen molar-refractivity contribution in [1.29, 1.82) is 0 Å². The van der Waals surface area contributed by atoms with Crippen molar-refractivity contribution in [1.82, 2.24) is 0 Å². The first-order valence-corrected chi connectivity index (χ1v) is 7.82. The van der Waals surface area contributed by atoms with Crippen LogP contribution < -0.4 is 4.74 Å². The van der Waals surface area contributed by atoms with Crippen LogP contribution in [0, 0.1) is 10.8 Å². The van der Waals surface area contributed by atoms with Crippen LogP contribution in [0.4, 0.5) is 0 Å². The highest BCUT2D eigenvalue weighted by Gasteiger charge is 2.76. The quantitative estimate of drug-likeness (QED) is 0.625. The summed E-state index contributed by atoms with van der Waals surface area (Å²) in [5.74, 6) is -1.11. The van der Waals surface area contributed by atoms with Gasteiger partial charge in [-0.3, -0.25) is 4.79 Å². The molecule has 0 unspecified atom stereocenters. The largest absolute Gasteiger partial charge is 0.465 e. The summed E-state index contributed by atoms with van der Waals surface area (Å²) in [4.78, 5) is 36.4. The average Bonchev–Trinajstić information content (AvgIpc) is 2.85. The molecule has 1 saturated carbocycles. The van der Waals surface area contributed by atoms with Gasteiger partial charge in [-0.25, -0.2) is 9.59 Å². The first kappa shape index (κ1) is 16.5. The number of hydrogen-bond acceptors (Lipinski definition) is 6. The van der Waals surface area contributed by atoms with Crippen LogP contribution in [0.15, 0.2) is 24.3 Å². The Balaban J connectivity index is 1.83. The van der Waals surface area contributed by atoms with E-state index in [1.807, 2.05) is 20.8 Å². The van der Waals surface area contributed by atoms with Crippen LogP contribution in [-0.4, -0.2) is 30.6 Å². The van der Waals surface area contributed by atoms with Crippen molar-refractivity contribution >= 4 is 17.9 Å². The molecule has 1 aliphatic heterocycles. The van der Waals surface area contributed by atoms with Crippen molar-refractivity contribution in [2.45, 2.75) is 39.2 Å². The van der Waals surface area contributed by atoms with Gasteiger partial charge in [0.1, 0.15) is 5.75 Å².